The molecule has 1 aromatic heterocycles. The topological polar surface area (TPSA) is 59.0 Å². The van der Waals surface area contributed by atoms with Gasteiger partial charge in [-0.05, 0) is 29.7 Å². The van der Waals surface area contributed by atoms with Gasteiger partial charge in [0.2, 0.25) is 0 Å². The number of benzene rings is 1. The summed E-state index contributed by atoms with van der Waals surface area (Å²) in [5.74, 6) is 0.0607. The summed E-state index contributed by atoms with van der Waals surface area (Å²) in [5.41, 5.74) is 0. The van der Waals surface area contributed by atoms with Crippen LogP contribution in [0.25, 0.3) is 10.1 Å². The molecule has 0 radical (unpaired) electrons. The molecule has 1 atom stereocenters. The molecule has 0 bridgehead atoms. The zero-order valence-corrected chi connectivity index (χ0v) is 13.3. The Morgan fingerprint density at radius 3 is 3.14 bits per heavy atom. The van der Waals surface area contributed by atoms with E-state index < -0.39 is 5.97 Å². The van der Waals surface area contributed by atoms with Gasteiger partial charge in [0.1, 0.15) is 5.75 Å². The van der Waals surface area contributed by atoms with Crippen LogP contribution in [-0.2, 0) is 16.1 Å². The van der Waals surface area contributed by atoms with Crippen molar-refractivity contribution < 1.29 is 19.4 Å². The molecule has 118 valence electrons. The molecule has 0 spiro atoms. The van der Waals surface area contributed by atoms with Gasteiger partial charge in [0.05, 0.1) is 26.2 Å². The van der Waals surface area contributed by atoms with Crippen LogP contribution in [0.1, 0.15) is 11.3 Å². The number of fused-ring (bicyclic) bond motifs is 1. The number of carboxylic acids is 1. The van der Waals surface area contributed by atoms with Crippen LogP contribution >= 0.6 is 11.3 Å². The second-order valence-corrected chi connectivity index (χ2v) is 6.61. The monoisotopic (exact) mass is 321 g/mol. The van der Waals surface area contributed by atoms with E-state index in [9.17, 15) is 4.79 Å². The Bertz CT molecular complexity index is 669. The van der Waals surface area contributed by atoms with Gasteiger partial charge in [-0.25, -0.2) is 0 Å². The van der Waals surface area contributed by atoms with Gasteiger partial charge in [-0.2, -0.15) is 0 Å². The summed E-state index contributed by atoms with van der Waals surface area (Å²) in [6, 6.07) is 8.28. The predicted octanol–water partition coefficient (Wildman–Crippen LogP) is 2.59. The highest BCUT2D eigenvalue weighted by Gasteiger charge is 2.23. The average Bonchev–Trinajstić information content (AvgIpc) is 2.87. The van der Waals surface area contributed by atoms with Crippen LogP contribution in [0.4, 0.5) is 0 Å². The number of rotatable bonds is 5. The zero-order chi connectivity index (χ0) is 15.5. The van der Waals surface area contributed by atoms with Gasteiger partial charge in [-0.3, -0.25) is 9.69 Å². The molecule has 2 heterocycles. The Labute approximate surface area is 133 Å². The van der Waals surface area contributed by atoms with Crippen LogP contribution in [0, 0.1) is 0 Å². The van der Waals surface area contributed by atoms with Gasteiger partial charge in [0.25, 0.3) is 0 Å². The fraction of sp³-hybridized carbons (Fsp3) is 0.438. The fourth-order valence-electron chi connectivity index (χ4n) is 2.74. The second kappa shape index (κ2) is 6.64. The molecule has 0 aliphatic carbocycles. The summed E-state index contributed by atoms with van der Waals surface area (Å²) in [7, 11) is 1.67. The molecule has 0 amide bonds. The zero-order valence-electron chi connectivity index (χ0n) is 12.4. The van der Waals surface area contributed by atoms with Crippen molar-refractivity contribution in [1.82, 2.24) is 4.90 Å². The summed E-state index contributed by atoms with van der Waals surface area (Å²) in [6.45, 7) is 2.94. The first-order valence-corrected chi connectivity index (χ1v) is 8.08. The van der Waals surface area contributed by atoms with Gasteiger partial charge >= 0.3 is 5.97 Å². The van der Waals surface area contributed by atoms with Crippen LogP contribution < -0.4 is 4.74 Å². The van der Waals surface area contributed by atoms with Gasteiger partial charge in [-0.1, -0.05) is 0 Å². The van der Waals surface area contributed by atoms with Crippen molar-refractivity contribution in [1.29, 1.82) is 0 Å². The number of carbonyl (C=O) groups is 1. The number of aliphatic carboxylic acids is 1. The molecular weight excluding hydrogens is 302 g/mol. The lowest BCUT2D eigenvalue weighted by molar-refractivity contribution is -0.142. The Morgan fingerprint density at radius 2 is 2.36 bits per heavy atom. The summed E-state index contributed by atoms with van der Waals surface area (Å²) in [5, 5.41) is 10.1. The Hall–Kier alpha value is -1.63. The lowest BCUT2D eigenvalue weighted by Crippen LogP contribution is -2.42. The molecule has 1 aliphatic rings. The highest BCUT2D eigenvalue weighted by atomic mass is 32.1. The molecule has 1 saturated heterocycles. The van der Waals surface area contributed by atoms with Crippen molar-refractivity contribution in [2.75, 3.05) is 26.8 Å². The summed E-state index contributed by atoms with van der Waals surface area (Å²) in [6.07, 6.45) is -0.138. The fourth-order valence-corrected chi connectivity index (χ4v) is 3.83. The van der Waals surface area contributed by atoms with Crippen LogP contribution in [0.5, 0.6) is 5.75 Å². The van der Waals surface area contributed by atoms with Crippen LogP contribution in [0.3, 0.4) is 0 Å². The summed E-state index contributed by atoms with van der Waals surface area (Å²) < 4.78 is 12.0. The number of carboxylic acid groups (broad SMARTS) is 1. The molecule has 1 fully saturated rings. The van der Waals surface area contributed by atoms with Crippen molar-refractivity contribution >= 4 is 27.4 Å². The standard InChI is InChI=1S/C16H19NO4S/c1-20-12-2-3-15-11(6-12)7-14(22-15)10-17-4-5-21-13(9-17)8-16(18)19/h2-3,6-7,13H,4-5,8-10H2,1H3,(H,18,19). The van der Waals surface area contributed by atoms with Crippen molar-refractivity contribution in [2.45, 2.75) is 19.1 Å². The first kappa shape index (κ1) is 15.3. The minimum Gasteiger partial charge on any atom is -0.497 e. The maximum absolute atomic E-state index is 10.8. The van der Waals surface area contributed by atoms with E-state index in [0.717, 1.165) is 18.8 Å². The molecule has 1 N–H and O–H groups in total. The molecule has 5 nitrogen and oxygen atoms in total. The molecule has 1 aromatic carbocycles. The van der Waals surface area contributed by atoms with Gasteiger partial charge < -0.3 is 14.6 Å². The Kier molecular flexibility index (Phi) is 4.61. The van der Waals surface area contributed by atoms with Gasteiger partial charge in [-0.15, -0.1) is 11.3 Å². The van der Waals surface area contributed by atoms with Crippen LogP contribution in [0.2, 0.25) is 0 Å². The highest BCUT2D eigenvalue weighted by Crippen LogP contribution is 2.30. The molecule has 6 heteroatoms. The SMILES string of the molecule is COc1ccc2sc(CN3CCOC(CC(=O)O)C3)cc2c1. The number of methoxy groups -OCH3 is 1. The molecular formula is C16H19NO4S. The van der Waals surface area contributed by atoms with Crippen molar-refractivity contribution in [3.05, 3.63) is 29.1 Å². The number of morpholine rings is 1. The third kappa shape index (κ3) is 3.58. The van der Waals surface area contributed by atoms with Gasteiger partial charge in [0, 0.05) is 29.2 Å². The number of hydrogen-bond acceptors (Lipinski definition) is 5. The van der Waals surface area contributed by atoms with E-state index in [2.05, 4.69) is 17.0 Å². The van der Waals surface area contributed by atoms with Crippen LogP contribution in [0.15, 0.2) is 24.3 Å². The largest absolute Gasteiger partial charge is 0.497 e. The van der Waals surface area contributed by atoms with E-state index in [-0.39, 0.29) is 12.5 Å². The minimum absolute atomic E-state index is 0.0696. The number of nitrogens with zero attached hydrogens (tertiary/aromatic N) is 1. The molecule has 1 unspecified atom stereocenters. The van der Waals surface area contributed by atoms with Crippen molar-refractivity contribution in [2.24, 2.45) is 0 Å². The number of ether oxygens (including phenoxy) is 2. The average molecular weight is 321 g/mol. The molecule has 1 aliphatic heterocycles. The molecule has 3 rings (SSSR count). The Morgan fingerprint density at radius 1 is 1.50 bits per heavy atom. The van der Waals surface area contributed by atoms with E-state index in [1.807, 2.05) is 12.1 Å². The van der Waals surface area contributed by atoms with Gasteiger partial charge in [0.15, 0.2) is 0 Å². The maximum Gasteiger partial charge on any atom is 0.306 e. The number of hydrogen-bond donors (Lipinski definition) is 1. The van der Waals surface area contributed by atoms with E-state index in [1.165, 1.54) is 15.0 Å². The molecule has 0 saturated carbocycles. The highest BCUT2D eigenvalue weighted by molar-refractivity contribution is 7.19. The van der Waals surface area contributed by atoms with E-state index >= 15 is 0 Å². The molecule has 2 aromatic rings. The third-order valence-electron chi connectivity index (χ3n) is 3.78. The third-order valence-corrected chi connectivity index (χ3v) is 4.88. The van der Waals surface area contributed by atoms with E-state index in [1.54, 1.807) is 18.4 Å². The second-order valence-electron chi connectivity index (χ2n) is 5.44. The number of thiophene rings is 1. The first-order valence-electron chi connectivity index (χ1n) is 7.26. The normalized spacial score (nSPS) is 19.4. The first-order chi connectivity index (χ1) is 10.6. The van der Waals surface area contributed by atoms with Crippen molar-refractivity contribution in [3.8, 4) is 5.75 Å². The van der Waals surface area contributed by atoms with Crippen molar-refractivity contribution in [3.63, 3.8) is 0 Å². The van der Waals surface area contributed by atoms with E-state index in [0.29, 0.717) is 13.2 Å². The quantitative estimate of drug-likeness (QED) is 0.917. The van der Waals surface area contributed by atoms with E-state index in [4.69, 9.17) is 14.6 Å². The summed E-state index contributed by atoms with van der Waals surface area (Å²) >= 11 is 1.77. The lowest BCUT2D eigenvalue weighted by Gasteiger charge is -2.31. The minimum atomic E-state index is -0.805. The maximum atomic E-state index is 10.8. The van der Waals surface area contributed by atoms with Crippen LogP contribution in [-0.4, -0.2) is 48.9 Å². The predicted molar refractivity (Wildman–Crippen MR) is 85.6 cm³/mol. The summed E-state index contributed by atoms with van der Waals surface area (Å²) in [4.78, 5) is 14.3. The molecule has 22 heavy (non-hydrogen) atoms. The lowest BCUT2D eigenvalue weighted by atomic mass is 10.2. The smallest absolute Gasteiger partial charge is 0.306 e. The Balaban J connectivity index is 1.68.